The SMILES string of the molecule is CCC(C)C1OC(=O)CCNC(=O)[C@H](C)N(C)C(=O)[C@H](C(C)C)N(C)C(=O)[C@H]([C@@H](C)CC)NC(=O)[C@@H]2CC(C)CN2C(=O)[C@H]([C@@H](C)CC)NC1=O. The Balaban J connectivity index is 2.66. The minimum Gasteiger partial charge on any atom is -0.452 e. The van der Waals surface area contributed by atoms with Gasteiger partial charge in [-0.25, -0.2) is 0 Å². The number of nitrogens with one attached hydrogen (secondary N) is 3. The summed E-state index contributed by atoms with van der Waals surface area (Å²) in [6.45, 7) is 18.4. The fourth-order valence-corrected chi connectivity index (χ4v) is 6.68. The van der Waals surface area contributed by atoms with E-state index in [9.17, 15) is 33.6 Å². The molecular formula is C37H64N6O8. The summed E-state index contributed by atoms with van der Waals surface area (Å²) in [6, 6.07) is -4.77. The molecule has 0 spiro atoms. The molecule has 51 heavy (non-hydrogen) atoms. The Morgan fingerprint density at radius 3 is 1.76 bits per heavy atom. The summed E-state index contributed by atoms with van der Waals surface area (Å²) in [5.74, 6) is -5.04. The molecule has 3 N–H and O–H groups in total. The second kappa shape index (κ2) is 19.2. The fraction of sp³-hybridized carbons (Fsp3) is 0.811. The lowest BCUT2D eigenvalue weighted by molar-refractivity contribution is -0.160. The molecule has 0 aromatic carbocycles. The highest BCUT2D eigenvalue weighted by Crippen LogP contribution is 2.27. The van der Waals surface area contributed by atoms with E-state index in [1.54, 1.807) is 27.7 Å². The number of amides is 6. The number of fused-ring (bicyclic) bond motifs is 1. The maximum absolute atomic E-state index is 14.3. The smallest absolute Gasteiger partial charge is 0.308 e. The molecule has 0 saturated carbocycles. The Bertz CT molecular complexity index is 1280. The van der Waals surface area contributed by atoms with E-state index in [0.717, 1.165) is 0 Å². The third kappa shape index (κ3) is 10.7. The highest BCUT2D eigenvalue weighted by Gasteiger charge is 2.45. The zero-order valence-corrected chi connectivity index (χ0v) is 32.9. The maximum Gasteiger partial charge on any atom is 0.308 e. The molecule has 14 heteroatoms. The minimum absolute atomic E-state index is 0.0292. The third-order valence-corrected chi connectivity index (χ3v) is 10.9. The van der Waals surface area contributed by atoms with Crippen molar-refractivity contribution in [3.63, 3.8) is 0 Å². The van der Waals surface area contributed by atoms with Gasteiger partial charge in [0.25, 0.3) is 5.91 Å². The molecule has 2 fully saturated rings. The van der Waals surface area contributed by atoms with Gasteiger partial charge in [-0.15, -0.1) is 0 Å². The Morgan fingerprint density at radius 1 is 0.706 bits per heavy atom. The first-order valence-electron chi connectivity index (χ1n) is 18.7. The van der Waals surface area contributed by atoms with Gasteiger partial charge in [0.15, 0.2) is 6.10 Å². The van der Waals surface area contributed by atoms with Crippen LogP contribution in [-0.4, -0.2) is 120 Å². The summed E-state index contributed by atoms with van der Waals surface area (Å²) in [5, 5.41) is 8.47. The standard InChI is InChI=1S/C37H64N6O8/c1-13-22(7)28-35(48)42(12)30(20(4)5)37(50)41(11)25(10)32(45)38-17-16-27(44)51-31(24(9)15-3)34(47)40-29(23(8)14-2)36(49)43-19-21(6)18-26(43)33(46)39-28/h20-26,28-31H,13-19H2,1-12H3,(H,38,45)(H,39,46)(H,40,47)/t21?,22-,23-,24?,25-,26-,28-,29-,30-,31?/m0/s1. The van der Waals surface area contributed by atoms with Crippen molar-refractivity contribution in [1.29, 1.82) is 0 Å². The molecule has 0 bridgehead atoms. The molecular weight excluding hydrogens is 656 g/mol. The van der Waals surface area contributed by atoms with Crippen LogP contribution in [0, 0.1) is 29.6 Å². The zero-order valence-electron chi connectivity index (χ0n) is 32.9. The molecule has 290 valence electrons. The van der Waals surface area contributed by atoms with Crippen LogP contribution in [-0.2, 0) is 38.3 Å². The van der Waals surface area contributed by atoms with Gasteiger partial charge >= 0.3 is 5.97 Å². The van der Waals surface area contributed by atoms with Crippen molar-refractivity contribution >= 4 is 41.4 Å². The van der Waals surface area contributed by atoms with Gasteiger partial charge in [-0.1, -0.05) is 75.2 Å². The van der Waals surface area contributed by atoms with Crippen molar-refractivity contribution < 1.29 is 38.3 Å². The largest absolute Gasteiger partial charge is 0.452 e. The van der Waals surface area contributed by atoms with Crippen LogP contribution in [0.1, 0.15) is 101 Å². The number of esters is 1. The van der Waals surface area contributed by atoms with E-state index in [4.69, 9.17) is 4.74 Å². The second-order valence-corrected chi connectivity index (χ2v) is 15.2. The molecule has 0 aromatic rings. The summed E-state index contributed by atoms with van der Waals surface area (Å²) in [5.41, 5.74) is 0. The number of rotatable bonds is 7. The number of hydrogen-bond acceptors (Lipinski definition) is 8. The number of hydrogen-bond donors (Lipinski definition) is 3. The summed E-state index contributed by atoms with van der Waals surface area (Å²) in [6.07, 6.45) is 0.551. The average molecular weight is 721 g/mol. The Labute approximate surface area is 304 Å². The number of likely N-dealkylation sites (N-methyl/N-ethyl adjacent to an activating group) is 2. The normalized spacial score (nSPS) is 30.4. The van der Waals surface area contributed by atoms with Gasteiger partial charge in [-0.05, 0) is 43.4 Å². The first kappa shape index (κ1) is 43.5. The molecule has 2 aliphatic heterocycles. The van der Waals surface area contributed by atoms with Gasteiger partial charge < -0.3 is 35.4 Å². The first-order chi connectivity index (χ1) is 23.8. The summed E-state index contributed by atoms with van der Waals surface area (Å²) in [4.78, 5) is 101. The molecule has 2 saturated heterocycles. The van der Waals surface area contributed by atoms with Crippen LogP contribution >= 0.6 is 0 Å². The van der Waals surface area contributed by atoms with Crippen LogP contribution in [0.2, 0.25) is 0 Å². The second-order valence-electron chi connectivity index (χ2n) is 15.2. The van der Waals surface area contributed by atoms with E-state index in [2.05, 4.69) is 16.0 Å². The lowest BCUT2D eigenvalue weighted by Crippen LogP contribution is -2.61. The molecule has 0 aliphatic carbocycles. The van der Waals surface area contributed by atoms with Gasteiger partial charge in [-0.2, -0.15) is 0 Å². The van der Waals surface area contributed by atoms with Crippen LogP contribution in [0.5, 0.6) is 0 Å². The summed E-state index contributed by atoms with van der Waals surface area (Å²) < 4.78 is 5.66. The van der Waals surface area contributed by atoms with Gasteiger partial charge in [0.2, 0.25) is 29.5 Å². The van der Waals surface area contributed by atoms with Crippen LogP contribution in [0.15, 0.2) is 0 Å². The van der Waals surface area contributed by atoms with E-state index in [0.29, 0.717) is 25.7 Å². The monoisotopic (exact) mass is 720 g/mol. The molecule has 0 aromatic heterocycles. The Hall–Kier alpha value is -3.71. The molecule has 2 aliphatic rings. The highest BCUT2D eigenvalue weighted by molar-refractivity contribution is 5.97. The third-order valence-electron chi connectivity index (χ3n) is 10.9. The molecule has 10 atom stereocenters. The van der Waals surface area contributed by atoms with Crippen LogP contribution in [0.3, 0.4) is 0 Å². The maximum atomic E-state index is 14.3. The molecule has 14 nitrogen and oxygen atoms in total. The van der Waals surface area contributed by atoms with Crippen LogP contribution in [0.4, 0.5) is 0 Å². The quantitative estimate of drug-likeness (QED) is 0.336. The predicted molar refractivity (Wildman–Crippen MR) is 193 cm³/mol. The molecule has 0 radical (unpaired) electrons. The zero-order chi connectivity index (χ0) is 38.9. The van der Waals surface area contributed by atoms with E-state index < -0.39 is 77.7 Å². The van der Waals surface area contributed by atoms with Crippen molar-refractivity contribution in [1.82, 2.24) is 30.7 Å². The lowest BCUT2D eigenvalue weighted by atomic mass is 9.94. The van der Waals surface area contributed by atoms with Gasteiger partial charge in [0.05, 0.1) is 6.42 Å². The first-order valence-corrected chi connectivity index (χ1v) is 18.7. The van der Waals surface area contributed by atoms with Crippen molar-refractivity contribution in [2.75, 3.05) is 27.2 Å². The minimum atomic E-state index is -1.19. The van der Waals surface area contributed by atoms with E-state index in [1.807, 2.05) is 41.5 Å². The number of carbonyl (C=O) groups excluding carboxylic acids is 7. The van der Waals surface area contributed by atoms with Crippen molar-refractivity contribution in [2.24, 2.45) is 29.6 Å². The number of carbonyl (C=O) groups is 7. The number of nitrogens with zero attached hydrogens (tertiary/aromatic N) is 3. The van der Waals surface area contributed by atoms with Crippen molar-refractivity contribution in [2.45, 2.75) is 138 Å². The summed E-state index contributed by atoms with van der Waals surface area (Å²) in [7, 11) is 3.00. The topological polar surface area (TPSA) is 175 Å². The van der Waals surface area contributed by atoms with Crippen molar-refractivity contribution in [3.8, 4) is 0 Å². The molecule has 3 unspecified atom stereocenters. The van der Waals surface area contributed by atoms with E-state index in [1.165, 1.54) is 28.8 Å². The number of cyclic esters (lactones) is 1. The van der Waals surface area contributed by atoms with Crippen LogP contribution < -0.4 is 16.0 Å². The van der Waals surface area contributed by atoms with Gasteiger partial charge in [0.1, 0.15) is 30.2 Å². The van der Waals surface area contributed by atoms with Gasteiger partial charge in [0, 0.05) is 33.1 Å². The van der Waals surface area contributed by atoms with Gasteiger partial charge in [-0.3, -0.25) is 33.6 Å². The lowest BCUT2D eigenvalue weighted by Gasteiger charge is -2.38. The predicted octanol–water partition coefficient (Wildman–Crippen LogP) is 2.09. The van der Waals surface area contributed by atoms with E-state index >= 15 is 0 Å². The number of ether oxygens (including phenoxy) is 1. The van der Waals surface area contributed by atoms with Crippen LogP contribution in [0.25, 0.3) is 0 Å². The van der Waals surface area contributed by atoms with E-state index in [-0.39, 0.29) is 49.1 Å². The molecule has 6 amide bonds. The fourth-order valence-electron chi connectivity index (χ4n) is 6.68. The Morgan fingerprint density at radius 2 is 1.24 bits per heavy atom. The average Bonchev–Trinajstić information content (AvgIpc) is 3.50. The Kier molecular flexibility index (Phi) is 16.4. The molecule has 2 rings (SSSR count). The summed E-state index contributed by atoms with van der Waals surface area (Å²) >= 11 is 0. The highest BCUT2D eigenvalue weighted by atomic mass is 16.5. The molecule has 2 heterocycles. The van der Waals surface area contributed by atoms with Crippen molar-refractivity contribution in [3.05, 3.63) is 0 Å².